The Labute approximate surface area is 172 Å². The van der Waals surface area contributed by atoms with Gasteiger partial charge >= 0.3 is 0 Å². The van der Waals surface area contributed by atoms with Gasteiger partial charge in [-0.05, 0) is 34.9 Å². The molecule has 5 aromatic rings. The van der Waals surface area contributed by atoms with E-state index in [9.17, 15) is 9.59 Å². The summed E-state index contributed by atoms with van der Waals surface area (Å²) in [6, 6.07) is 21.3. The monoisotopic (exact) mass is 393 g/mol. The van der Waals surface area contributed by atoms with Crippen molar-refractivity contribution in [3.63, 3.8) is 0 Å². The van der Waals surface area contributed by atoms with Gasteiger partial charge in [-0.3, -0.25) is 14.2 Å². The first-order valence-electron chi connectivity index (χ1n) is 9.77. The molecule has 30 heavy (non-hydrogen) atoms. The summed E-state index contributed by atoms with van der Waals surface area (Å²) < 4.78 is 1.66. The van der Waals surface area contributed by atoms with Crippen molar-refractivity contribution in [3.05, 3.63) is 101 Å². The van der Waals surface area contributed by atoms with Crippen molar-refractivity contribution in [1.29, 1.82) is 0 Å². The molecule has 5 nitrogen and oxygen atoms in total. The molecule has 5 rings (SSSR count). The van der Waals surface area contributed by atoms with Crippen LogP contribution in [0.1, 0.15) is 15.9 Å². The third-order valence-corrected chi connectivity index (χ3v) is 5.44. The van der Waals surface area contributed by atoms with Crippen molar-refractivity contribution >= 4 is 27.5 Å². The Balaban J connectivity index is 1.47. The number of aromatic nitrogens is 3. The number of fused-ring (bicyclic) bond motifs is 2. The number of benzene rings is 3. The van der Waals surface area contributed by atoms with Crippen molar-refractivity contribution in [2.75, 3.05) is 0 Å². The second kappa shape index (κ2) is 7.12. The topological polar surface area (TPSA) is 67.8 Å². The molecular formula is C25H19N3O2. The first kappa shape index (κ1) is 18.1. The molecule has 0 unspecified atom stereocenters. The maximum atomic E-state index is 12.8. The highest BCUT2D eigenvalue weighted by molar-refractivity contribution is 5.94. The third-order valence-electron chi connectivity index (χ3n) is 5.44. The van der Waals surface area contributed by atoms with E-state index >= 15 is 0 Å². The van der Waals surface area contributed by atoms with Crippen LogP contribution in [0.5, 0.6) is 0 Å². The fourth-order valence-electron chi connectivity index (χ4n) is 3.91. The minimum absolute atomic E-state index is 0.0194. The van der Waals surface area contributed by atoms with Gasteiger partial charge in [-0.15, -0.1) is 0 Å². The highest BCUT2D eigenvalue weighted by Gasteiger charge is 2.13. The Kier molecular flexibility index (Phi) is 4.29. The molecule has 146 valence electrons. The van der Waals surface area contributed by atoms with E-state index < -0.39 is 0 Å². The Morgan fingerprint density at radius 2 is 1.60 bits per heavy atom. The van der Waals surface area contributed by atoms with Gasteiger partial charge in [-0.1, -0.05) is 60.7 Å². The number of H-pyrrole nitrogens is 1. The SMILES string of the molecule is Cc1cc(CC(=O)n2cc3ccccc3c2)ccc1-c1n[nH]c(=O)c2ccccc12. The summed E-state index contributed by atoms with van der Waals surface area (Å²) in [5.74, 6) is 0.0194. The van der Waals surface area contributed by atoms with E-state index in [4.69, 9.17) is 0 Å². The molecule has 0 aliphatic carbocycles. The van der Waals surface area contributed by atoms with Gasteiger partial charge in [0.1, 0.15) is 0 Å². The molecule has 0 fully saturated rings. The van der Waals surface area contributed by atoms with Crippen LogP contribution in [-0.2, 0) is 6.42 Å². The molecule has 0 aliphatic rings. The van der Waals surface area contributed by atoms with Crippen LogP contribution in [0.2, 0.25) is 0 Å². The second-order valence-corrected chi connectivity index (χ2v) is 7.46. The lowest BCUT2D eigenvalue weighted by atomic mass is 9.98. The van der Waals surface area contributed by atoms with Gasteiger partial charge in [0, 0.05) is 23.3 Å². The van der Waals surface area contributed by atoms with Crippen LogP contribution in [0.3, 0.4) is 0 Å². The van der Waals surface area contributed by atoms with E-state index in [1.807, 2.05) is 80.0 Å². The van der Waals surface area contributed by atoms with Gasteiger partial charge in [0.15, 0.2) is 0 Å². The van der Waals surface area contributed by atoms with E-state index in [1.54, 1.807) is 10.6 Å². The zero-order chi connectivity index (χ0) is 20.7. The molecule has 1 N–H and O–H groups in total. The van der Waals surface area contributed by atoms with Crippen LogP contribution in [0.15, 0.2) is 83.9 Å². The summed E-state index contributed by atoms with van der Waals surface area (Å²) in [5.41, 5.74) is 3.41. The van der Waals surface area contributed by atoms with E-state index in [0.717, 1.165) is 38.5 Å². The van der Waals surface area contributed by atoms with Gasteiger partial charge in [-0.25, -0.2) is 5.10 Å². The average Bonchev–Trinajstić information content (AvgIpc) is 3.20. The summed E-state index contributed by atoms with van der Waals surface area (Å²) >= 11 is 0. The zero-order valence-electron chi connectivity index (χ0n) is 16.4. The molecule has 5 heteroatoms. The van der Waals surface area contributed by atoms with Gasteiger partial charge in [0.25, 0.3) is 5.56 Å². The zero-order valence-corrected chi connectivity index (χ0v) is 16.4. The summed E-state index contributed by atoms with van der Waals surface area (Å²) in [7, 11) is 0. The quantitative estimate of drug-likeness (QED) is 0.482. The summed E-state index contributed by atoms with van der Waals surface area (Å²) in [6.45, 7) is 1.99. The number of nitrogens with one attached hydrogen (secondary N) is 1. The Hall–Kier alpha value is -3.99. The minimum Gasteiger partial charge on any atom is -0.293 e. The summed E-state index contributed by atoms with van der Waals surface area (Å²) in [4.78, 5) is 24.8. The largest absolute Gasteiger partial charge is 0.293 e. The van der Waals surface area contributed by atoms with E-state index in [-0.39, 0.29) is 11.5 Å². The smallest absolute Gasteiger partial charge is 0.272 e. The number of rotatable bonds is 3. The number of carbonyl (C=O) groups excluding carboxylic acids is 1. The number of aromatic amines is 1. The maximum Gasteiger partial charge on any atom is 0.272 e. The summed E-state index contributed by atoms with van der Waals surface area (Å²) in [5, 5.41) is 10.4. The van der Waals surface area contributed by atoms with E-state index in [1.165, 1.54) is 0 Å². The highest BCUT2D eigenvalue weighted by Crippen LogP contribution is 2.28. The Bertz CT molecular complexity index is 1440. The second-order valence-electron chi connectivity index (χ2n) is 7.46. The molecule has 0 radical (unpaired) electrons. The molecule has 0 saturated heterocycles. The number of nitrogens with zero attached hydrogens (tertiary/aromatic N) is 2. The van der Waals surface area contributed by atoms with Crippen molar-refractivity contribution < 1.29 is 4.79 Å². The fraction of sp³-hybridized carbons (Fsp3) is 0.0800. The summed E-state index contributed by atoms with van der Waals surface area (Å²) in [6.07, 6.45) is 4.05. The van der Waals surface area contributed by atoms with Crippen molar-refractivity contribution in [2.45, 2.75) is 13.3 Å². The lowest BCUT2D eigenvalue weighted by molar-refractivity contribution is 0.0915. The molecule has 0 aliphatic heterocycles. The van der Waals surface area contributed by atoms with Crippen LogP contribution in [0, 0.1) is 6.92 Å². The van der Waals surface area contributed by atoms with E-state index in [0.29, 0.717) is 11.8 Å². The molecule has 0 bridgehead atoms. The first-order chi connectivity index (χ1) is 14.6. The predicted octanol–water partition coefficient (Wildman–Crippen LogP) is 4.74. The molecule has 0 amide bonds. The van der Waals surface area contributed by atoms with Gasteiger partial charge < -0.3 is 0 Å². The van der Waals surface area contributed by atoms with Gasteiger partial charge in [-0.2, -0.15) is 5.10 Å². The molecule has 0 spiro atoms. The average molecular weight is 393 g/mol. The van der Waals surface area contributed by atoms with Crippen LogP contribution < -0.4 is 5.56 Å². The van der Waals surface area contributed by atoms with Crippen molar-refractivity contribution in [3.8, 4) is 11.3 Å². The van der Waals surface area contributed by atoms with E-state index in [2.05, 4.69) is 10.2 Å². The van der Waals surface area contributed by atoms with Crippen LogP contribution in [0.4, 0.5) is 0 Å². The lowest BCUT2D eigenvalue weighted by Crippen LogP contribution is -2.11. The van der Waals surface area contributed by atoms with Crippen LogP contribution in [-0.4, -0.2) is 20.7 Å². The molecule has 2 aromatic heterocycles. The number of carbonyl (C=O) groups is 1. The minimum atomic E-state index is -0.201. The maximum absolute atomic E-state index is 12.8. The molecule has 2 heterocycles. The standard InChI is InChI=1S/C25H19N3O2/c1-16-12-17(13-23(29)28-14-18-6-2-3-7-19(18)15-28)10-11-20(16)24-21-8-4-5-9-22(21)25(30)27-26-24/h2-12,14-15H,13H2,1H3,(H,27,30). The van der Waals surface area contributed by atoms with Crippen molar-refractivity contribution in [2.24, 2.45) is 0 Å². The van der Waals surface area contributed by atoms with Crippen LogP contribution in [0.25, 0.3) is 32.8 Å². The van der Waals surface area contributed by atoms with Gasteiger partial charge in [0.05, 0.1) is 17.5 Å². The normalized spacial score (nSPS) is 11.2. The fourth-order valence-corrected chi connectivity index (χ4v) is 3.91. The molecule has 0 atom stereocenters. The number of aryl methyl sites for hydroxylation is 1. The Morgan fingerprint density at radius 1 is 0.933 bits per heavy atom. The highest BCUT2D eigenvalue weighted by atomic mass is 16.2. The predicted molar refractivity (Wildman–Crippen MR) is 119 cm³/mol. The third kappa shape index (κ3) is 3.10. The molecule has 0 saturated carbocycles. The Morgan fingerprint density at radius 3 is 2.30 bits per heavy atom. The first-order valence-corrected chi connectivity index (χ1v) is 9.77. The lowest BCUT2D eigenvalue weighted by Gasteiger charge is -2.10. The number of hydrogen-bond donors (Lipinski definition) is 1. The van der Waals surface area contributed by atoms with Gasteiger partial charge in [0.2, 0.25) is 5.91 Å². The van der Waals surface area contributed by atoms with Crippen molar-refractivity contribution in [1.82, 2.24) is 14.8 Å². The molecule has 3 aromatic carbocycles. The number of hydrogen-bond acceptors (Lipinski definition) is 3. The van der Waals surface area contributed by atoms with Crippen LogP contribution >= 0.6 is 0 Å². The molecular weight excluding hydrogens is 374 g/mol.